The van der Waals surface area contributed by atoms with Crippen LogP contribution in [0.4, 0.5) is 8.78 Å². The number of benzene rings is 2. The number of carbonyl (C=O) groups excluding carboxylic acids is 1. The fraction of sp³-hybridized carbons (Fsp3) is 0.500. The number of rotatable bonds is 4. The van der Waals surface area contributed by atoms with Gasteiger partial charge in [-0.25, -0.2) is 8.78 Å². The number of nitrogens with zero attached hydrogens (tertiary/aromatic N) is 1. The van der Waals surface area contributed by atoms with E-state index in [4.69, 9.17) is 27.9 Å². The zero-order chi connectivity index (χ0) is 26.3. The lowest BCUT2D eigenvalue weighted by Gasteiger charge is -2.37. The number of hydrogen-bond acceptors (Lipinski definition) is 4. The topological polar surface area (TPSA) is 62.1 Å². The lowest BCUT2D eigenvalue weighted by molar-refractivity contribution is -0.157. The quantitative estimate of drug-likeness (QED) is 0.407. The van der Waals surface area contributed by atoms with Gasteiger partial charge in [0.15, 0.2) is 0 Å². The first-order chi connectivity index (χ1) is 16.1. The first-order valence-corrected chi connectivity index (χ1v) is 12.2. The third kappa shape index (κ3) is 6.02. The lowest BCUT2D eigenvalue weighted by atomic mass is 9.62. The van der Waals surface area contributed by atoms with Gasteiger partial charge >= 0.3 is 5.97 Å². The van der Waals surface area contributed by atoms with Gasteiger partial charge in [-0.15, -0.1) is 0 Å². The maximum Gasteiger partial charge on any atom is 0.324 e. The minimum absolute atomic E-state index is 0. The van der Waals surface area contributed by atoms with Crippen LogP contribution < -0.4 is 5.32 Å². The Labute approximate surface area is 222 Å². The van der Waals surface area contributed by atoms with Crippen LogP contribution in [0.2, 0.25) is 10.0 Å². The van der Waals surface area contributed by atoms with E-state index in [1.807, 2.05) is 20.8 Å². The lowest BCUT2D eigenvalue weighted by Crippen LogP contribution is -2.45. The first-order valence-electron chi connectivity index (χ1n) is 11.4. The average molecular weight is 539 g/mol. The van der Waals surface area contributed by atoms with Crippen LogP contribution in [0.3, 0.4) is 0 Å². The smallest absolute Gasteiger partial charge is 0.324 e. The van der Waals surface area contributed by atoms with E-state index in [-0.39, 0.29) is 17.9 Å². The summed E-state index contributed by atoms with van der Waals surface area (Å²) in [6, 6.07) is 9.02. The molecule has 0 radical (unpaired) electrons. The van der Waals surface area contributed by atoms with E-state index in [1.54, 1.807) is 45.0 Å². The van der Waals surface area contributed by atoms with Gasteiger partial charge in [-0.05, 0) is 62.4 Å². The van der Waals surface area contributed by atoms with E-state index in [1.165, 1.54) is 0 Å². The molecule has 2 aromatic rings. The summed E-state index contributed by atoms with van der Waals surface area (Å²) in [5.74, 6) is -3.52. The normalized spacial score (nSPS) is 24.1. The van der Waals surface area contributed by atoms with E-state index in [0.717, 1.165) is 12.1 Å². The SMILES string of the molecule is C.CC(C)(C)C[C@@H]1N[C@@H](C(=O)OC(C)(C)C)[C@H](c2cccc(Cl)c2)[C@@]1(C#N)c1c(F)cc(Cl)cc1F. The molecule has 0 unspecified atom stereocenters. The molecule has 0 saturated carbocycles. The fourth-order valence-electron chi connectivity index (χ4n) is 4.95. The molecule has 0 bridgehead atoms. The van der Waals surface area contributed by atoms with Crippen LogP contribution in [0.1, 0.15) is 72.4 Å². The van der Waals surface area contributed by atoms with Crippen molar-refractivity contribution in [2.45, 2.75) is 84.4 Å². The Hall–Kier alpha value is -2.20. The molecule has 1 saturated heterocycles. The molecule has 4 nitrogen and oxygen atoms in total. The van der Waals surface area contributed by atoms with E-state index in [9.17, 15) is 10.1 Å². The Morgan fingerprint density at radius 3 is 2.14 bits per heavy atom. The molecular formula is C28H34Cl2F2N2O2. The van der Waals surface area contributed by atoms with Crippen LogP contribution in [0.15, 0.2) is 36.4 Å². The second-order valence-corrected chi connectivity index (χ2v) is 12.1. The monoisotopic (exact) mass is 538 g/mol. The molecule has 36 heavy (non-hydrogen) atoms. The van der Waals surface area contributed by atoms with Gasteiger partial charge in [0, 0.05) is 27.6 Å². The summed E-state index contributed by atoms with van der Waals surface area (Å²) >= 11 is 12.2. The molecule has 0 amide bonds. The van der Waals surface area contributed by atoms with Crippen LogP contribution in [0, 0.1) is 28.4 Å². The number of halogens is 4. The first kappa shape index (κ1) is 30.0. The van der Waals surface area contributed by atoms with Crippen LogP contribution in [-0.2, 0) is 14.9 Å². The summed E-state index contributed by atoms with van der Waals surface area (Å²) in [6.45, 7) is 11.1. The molecule has 1 aliphatic heterocycles. The van der Waals surface area contributed by atoms with Crippen molar-refractivity contribution in [1.29, 1.82) is 5.26 Å². The van der Waals surface area contributed by atoms with Crippen LogP contribution >= 0.6 is 23.2 Å². The average Bonchev–Trinajstić information content (AvgIpc) is 2.99. The zero-order valence-electron chi connectivity index (χ0n) is 20.7. The zero-order valence-corrected chi connectivity index (χ0v) is 22.2. The Bertz CT molecular complexity index is 1140. The van der Waals surface area contributed by atoms with Gasteiger partial charge in [0.25, 0.3) is 0 Å². The molecule has 0 aliphatic carbocycles. The molecule has 0 aromatic heterocycles. The molecule has 3 rings (SSSR count). The molecule has 8 heteroatoms. The van der Waals surface area contributed by atoms with Crippen molar-refractivity contribution in [3.05, 3.63) is 69.2 Å². The van der Waals surface area contributed by atoms with Crippen molar-refractivity contribution in [3.8, 4) is 6.07 Å². The summed E-state index contributed by atoms with van der Waals surface area (Å²) in [4.78, 5) is 13.5. The number of nitrogens with one attached hydrogen (secondary N) is 1. The highest BCUT2D eigenvalue weighted by Crippen LogP contribution is 2.53. The van der Waals surface area contributed by atoms with Crippen LogP contribution in [0.25, 0.3) is 0 Å². The van der Waals surface area contributed by atoms with Crippen molar-refractivity contribution in [1.82, 2.24) is 5.32 Å². The molecule has 2 aromatic carbocycles. The molecule has 1 fully saturated rings. The molecule has 1 heterocycles. The maximum absolute atomic E-state index is 15.5. The molecule has 196 valence electrons. The molecule has 0 spiro atoms. The third-order valence-electron chi connectivity index (χ3n) is 6.04. The van der Waals surface area contributed by atoms with Crippen molar-refractivity contribution < 1.29 is 18.3 Å². The molecule has 1 N–H and O–H groups in total. The summed E-state index contributed by atoms with van der Waals surface area (Å²) in [6.07, 6.45) is 0.346. The summed E-state index contributed by atoms with van der Waals surface area (Å²) in [5, 5.41) is 14.2. The minimum Gasteiger partial charge on any atom is -0.459 e. The largest absolute Gasteiger partial charge is 0.459 e. The van der Waals surface area contributed by atoms with Gasteiger partial charge in [-0.1, -0.05) is 63.5 Å². The summed E-state index contributed by atoms with van der Waals surface area (Å²) in [5.41, 5.74) is -2.90. The van der Waals surface area contributed by atoms with Crippen molar-refractivity contribution in [2.75, 3.05) is 0 Å². The van der Waals surface area contributed by atoms with E-state index in [2.05, 4.69) is 11.4 Å². The van der Waals surface area contributed by atoms with Gasteiger partial charge in [0.2, 0.25) is 0 Å². The van der Waals surface area contributed by atoms with Crippen molar-refractivity contribution >= 4 is 29.2 Å². The Balaban J connectivity index is 0.00000456. The second-order valence-electron chi connectivity index (χ2n) is 11.3. The number of carbonyl (C=O) groups is 1. The Morgan fingerprint density at radius 2 is 1.67 bits per heavy atom. The van der Waals surface area contributed by atoms with Gasteiger partial charge in [0.05, 0.1) is 6.07 Å². The van der Waals surface area contributed by atoms with Crippen molar-refractivity contribution in [2.24, 2.45) is 5.41 Å². The molecule has 4 atom stereocenters. The van der Waals surface area contributed by atoms with E-state index in [0.29, 0.717) is 17.0 Å². The predicted molar refractivity (Wildman–Crippen MR) is 140 cm³/mol. The van der Waals surface area contributed by atoms with Gasteiger partial charge in [-0.2, -0.15) is 5.26 Å². The van der Waals surface area contributed by atoms with Crippen LogP contribution in [-0.4, -0.2) is 23.7 Å². The van der Waals surface area contributed by atoms with Gasteiger partial charge in [-0.3, -0.25) is 10.1 Å². The van der Waals surface area contributed by atoms with E-state index >= 15 is 8.78 Å². The Kier molecular flexibility index (Phi) is 8.89. The van der Waals surface area contributed by atoms with Crippen LogP contribution in [0.5, 0.6) is 0 Å². The molecule has 1 aliphatic rings. The highest BCUT2D eigenvalue weighted by Gasteiger charge is 2.62. The standard InChI is InChI=1S/C27H30Cl2F2N2O2.CH4/c1-25(2,3)13-20-27(14-32,22-18(30)11-17(29)12-19(22)31)21(15-8-7-9-16(28)10-15)23(33-20)24(34)35-26(4,5)6;/h7-12,20-21,23,33H,13H2,1-6H3;1H4/t20-,21-,23+,27-;/m0./s1. The van der Waals surface area contributed by atoms with Gasteiger partial charge in [0.1, 0.15) is 28.7 Å². The number of ether oxygens (including phenoxy) is 1. The third-order valence-corrected chi connectivity index (χ3v) is 6.50. The van der Waals surface area contributed by atoms with Crippen molar-refractivity contribution in [3.63, 3.8) is 0 Å². The maximum atomic E-state index is 15.5. The highest BCUT2D eigenvalue weighted by atomic mass is 35.5. The minimum atomic E-state index is -1.81. The van der Waals surface area contributed by atoms with Gasteiger partial charge < -0.3 is 4.74 Å². The summed E-state index contributed by atoms with van der Waals surface area (Å²) < 4.78 is 36.7. The van der Waals surface area contributed by atoms with E-state index < -0.39 is 52.2 Å². The molecular weight excluding hydrogens is 505 g/mol. The Morgan fingerprint density at radius 1 is 1.08 bits per heavy atom. The predicted octanol–water partition coefficient (Wildman–Crippen LogP) is 7.57. The number of hydrogen-bond donors (Lipinski definition) is 1. The second kappa shape index (κ2) is 10.7. The summed E-state index contributed by atoms with van der Waals surface area (Å²) in [7, 11) is 0. The number of esters is 1. The fourth-order valence-corrected chi connectivity index (χ4v) is 5.34. The highest BCUT2D eigenvalue weighted by molar-refractivity contribution is 6.30. The number of nitriles is 1.